The average molecular weight is 462 g/mol. The summed E-state index contributed by atoms with van der Waals surface area (Å²) in [5.74, 6) is -0.273. The first kappa shape index (κ1) is 20.7. The van der Waals surface area contributed by atoms with Gasteiger partial charge in [0.15, 0.2) is 0 Å². The zero-order valence-corrected chi connectivity index (χ0v) is 17.4. The minimum atomic E-state index is -3.96. The summed E-state index contributed by atoms with van der Waals surface area (Å²) >= 11 is 9.24. The van der Waals surface area contributed by atoms with Crippen LogP contribution in [0.1, 0.15) is 6.92 Å². The Morgan fingerprint density at radius 1 is 1.27 bits per heavy atom. The van der Waals surface area contributed by atoms with Gasteiger partial charge < -0.3 is 10.1 Å². The summed E-state index contributed by atoms with van der Waals surface area (Å²) in [7, 11) is -2.63. The number of carbonyl (C=O) groups excluding carboxylic acids is 1. The lowest BCUT2D eigenvalue weighted by Crippen LogP contribution is -2.35. The van der Waals surface area contributed by atoms with Crippen molar-refractivity contribution in [2.24, 2.45) is 0 Å². The number of nitrogens with zero attached hydrogens (tertiary/aromatic N) is 1. The molecule has 0 bridgehead atoms. The molecular formula is C17H18BrClN2O4S. The van der Waals surface area contributed by atoms with E-state index in [0.717, 1.165) is 8.78 Å². The zero-order chi connectivity index (χ0) is 19.3. The number of likely N-dealkylation sites (N-methyl/N-ethyl adjacent to an activating group) is 1. The summed E-state index contributed by atoms with van der Waals surface area (Å²) in [6, 6.07) is 11.4. The van der Waals surface area contributed by atoms with Crippen LogP contribution in [0.15, 0.2) is 51.8 Å². The number of ether oxygens (including phenoxy) is 1. The Balaban J connectivity index is 2.18. The highest BCUT2D eigenvalue weighted by Gasteiger charge is 2.27. The number of hydrogen-bond acceptors (Lipinski definition) is 4. The highest BCUT2D eigenvalue weighted by Crippen LogP contribution is 2.29. The van der Waals surface area contributed by atoms with Crippen LogP contribution in [0.25, 0.3) is 0 Å². The van der Waals surface area contributed by atoms with E-state index in [1.54, 1.807) is 31.2 Å². The van der Waals surface area contributed by atoms with E-state index in [1.165, 1.54) is 19.2 Å². The Kier molecular flexibility index (Phi) is 7.05. The third kappa shape index (κ3) is 5.20. The van der Waals surface area contributed by atoms with Crippen molar-refractivity contribution in [3.8, 4) is 5.75 Å². The highest BCUT2D eigenvalue weighted by molar-refractivity contribution is 9.10. The second-order valence-corrected chi connectivity index (χ2v) is 8.71. The molecule has 1 amide bonds. The number of rotatable bonds is 7. The van der Waals surface area contributed by atoms with Crippen LogP contribution in [-0.4, -0.2) is 38.8 Å². The first-order valence-corrected chi connectivity index (χ1v) is 10.3. The fraction of sp³-hybridized carbons (Fsp3) is 0.235. The summed E-state index contributed by atoms with van der Waals surface area (Å²) in [5, 5.41) is 2.92. The molecule has 0 fully saturated rings. The van der Waals surface area contributed by atoms with Crippen LogP contribution in [0, 0.1) is 0 Å². The Bertz CT molecular complexity index is 905. The van der Waals surface area contributed by atoms with Crippen LogP contribution in [0.5, 0.6) is 5.75 Å². The number of nitrogens with one attached hydrogen (secondary N) is 1. The first-order chi connectivity index (χ1) is 12.2. The molecule has 0 aromatic heterocycles. The normalized spacial score (nSPS) is 11.4. The summed E-state index contributed by atoms with van der Waals surface area (Å²) in [6.07, 6.45) is 0. The van der Waals surface area contributed by atoms with Crippen molar-refractivity contribution in [1.82, 2.24) is 4.31 Å². The Morgan fingerprint density at radius 3 is 2.65 bits per heavy atom. The molecule has 26 heavy (non-hydrogen) atoms. The van der Waals surface area contributed by atoms with Crippen molar-refractivity contribution in [3.05, 3.63) is 52.0 Å². The number of amides is 1. The maximum Gasteiger partial charge on any atom is 0.247 e. The van der Waals surface area contributed by atoms with E-state index in [4.69, 9.17) is 16.3 Å². The molecule has 0 saturated carbocycles. The lowest BCUT2D eigenvalue weighted by atomic mass is 10.3. The van der Waals surface area contributed by atoms with Gasteiger partial charge in [0.1, 0.15) is 10.6 Å². The number of anilines is 1. The maximum atomic E-state index is 12.8. The second-order valence-electron chi connectivity index (χ2n) is 5.34. The number of sulfonamides is 1. The molecule has 9 heteroatoms. The number of hydrogen-bond donors (Lipinski definition) is 1. The molecule has 1 N–H and O–H groups in total. The van der Waals surface area contributed by atoms with Crippen molar-refractivity contribution in [2.45, 2.75) is 11.8 Å². The zero-order valence-electron chi connectivity index (χ0n) is 14.2. The summed E-state index contributed by atoms with van der Waals surface area (Å²) in [6.45, 7) is 1.70. The van der Waals surface area contributed by atoms with Crippen LogP contribution in [0.4, 0.5) is 5.69 Å². The summed E-state index contributed by atoms with van der Waals surface area (Å²) < 4.78 is 32.8. The highest BCUT2D eigenvalue weighted by atomic mass is 79.9. The maximum absolute atomic E-state index is 12.8. The van der Waals surface area contributed by atoms with E-state index in [9.17, 15) is 13.2 Å². The average Bonchev–Trinajstić information content (AvgIpc) is 2.56. The molecule has 0 atom stereocenters. The topological polar surface area (TPSA) is 75.7 Å². The fourth-order valence-electron chi connectivity index (χ4n) is 2.18. The van der Waals surface area contributed by atoms with E-state index in [-0.39, 0.29) is 22.2 Å². The molecule has 6 nitrogen and oxygen atoms in total. The monoisotopic (exact) mass is 460 g/mol. The molecule has 0 spiro atoms. The predicted octanol–water partition coefficient (Wildman–Crippen LogP) is 3.76. The third-order valence-corrected chi connectivity index (χ3v) is 5.92. The minimum Gasteiger partial charge on any atom is -0.492 e. The SMILES string of the molecule is CCOc1ccc(Cl)cc1S(=O)(=O)N(C)CC(=O)Nc1cccc(Br)c1. The van der Waals surface area contributed by atoms with Gasteiger partial charge >= 0.3 is 0 Å². The quantitative estimate of drug-likeness (QED) is 0.681. The van der Waals surface area contributed by atoms with Crippen molar-refractivity contribution < 1.29 is 17.9 Å². The smallest absolute Gasteiger partial charge is 0.247 e. The number of benzene rings is 2. The molecule has 2 aromatic rings. The van der Waals surface area contributed by atoms with Crippen LogP contribution in [-0.2, 0) is 14.8 Å². The van der Waals surface area contributed by atoms with Gasteiger partial charge in [-0.05, 0) is 43.3 Å². The Hall–Kier alpha value is -1.61. The van der Waals surface area contributed by atoms with Gasteiger partial charge in [0.25, 0.3) is 0 Å². The van der Waals surface area contributed by atoms with E-state index in [0.29, 0.717) is 12.3 Å². The molecule has 140 valence electrons. The van der Waals surface area contributed by atoms with Crippen molar-refractivity contribution in [3.63, 3.8) is 0 Å². The van der Waals surface area contributed by atoms with Crippen molar-refractivity contribution in [1.29, 1.82) is 0 Å². The van der Waals surface area contributed by atoms with Gasteiger partial charge in [0.2, 0.25) is 15.9 Å². The molecule has 0 aliphatic carbocycles. The molecule has 0 aliphatic heterocycles. The van der Waals surface area contributed by atoms with Gasteiger partial charge in [-0.1, -0.05) is 33.6 Å². The van der Waals surface area contributed by atoms with Gasteiger partial charge in [-0.2, -0.15) is 4.31 Å². The van der Waals surface area contributed by atoms with Gasteiger partial charge in [-0.15, -0.1) is 0 Å². The van der Waals surface area contributed by atoms with Gasteiger partial charge in [0, 0.05) is 22.2 Å². The minimum absolute atomic E-state index is 0.0791. The first-order valence-electron chi connectivity index (χ1n) is 7.68. The molecule has 0 aliphatic rings. The van der Waals surface area contributed by atoms with E-state index in [2.05, 4.69) is 21.2 Å². The standard InChI is InChI=1S/C17H18BrClN2O4S/c1-3-25-15-8-7-13(19)10-16(15)26(23,24)21(2)11-17(22)20-14-6-4-5-12(18)9-14/h4-10H,3,11H2,1-2H3,(H,20,22). The van der Waals surface area contributed by atoms with Crippen LogP contribution >= 0.6 is 27.5 Å². The molecule has 0 unspecified atom stereocenters. The molecule has 2 aromatic carbocycles. The van der Waals surface area contributed by atoms with Crippen LogP contribution in [0.2, 0.25) is 5.02 Å². The number of halogens is 2. The van der Waals surface area contributed by atoms with Crippen LogP contribution in [0.3, 0.4) is 0 Å². The Labute approximate surface area is 166 Å². The summed E-state index contributed by atoms with van der Waals surface area (Å²) in [4.78, 5) is 12.1. The molecular weight excluding hydrogens is 444 g/mol. The van der Waals surface area contributed by atoms with Gasteiger partial charge in [-0.3, -0.25) is 4.79 Å². The van der Waals surface area contributed by atoms with Gasteiger partial charge in [-0.25, -0.2) is 8.42 Å². The van der Waals surface area contributed by atoms with Crippen molar-refractivity contribution in [2.75, 3.05) is 25.5 Å². The third-order valence-electron chi connectivity index (χ3n) is 3.37. The van der Waals surface area contributed by atoms with E-state index >= 15 is 0 Å². The largest absolute Gasteiger partial charge is 0.492 e. The molecule has 0 heterocycles. The van der Waals surface area contributed by atoms with Gasteiger partial charge in [0.05, 0.1) is 13.2 Å². The lowest BCUT2D eigenvalue weighted by Gasteiger charge is -2.19. The lowest BCUT2D eigenvalue weighted by molar-refractivity contribution is -0.116. The number of carbonyl (C=O) groups is 1. The molecule has 2 rings (SSSR count). The summed E-state index contributed by atoms with van der Waals surface area (Å²) in [5.41, 5.74) is 0.563. The van der Waals surface area contributed by atoms with Crippen LogP contribution < -0.4 is 10.1 Å². The fourth-order valence-corrected chi connectivity index (χ4v) is 4.10. The second kappa shape index (κ2) is 8.85. The van der Waals surface area contributed by atoms with Crippen molar-refractivity contribution >= 4 is 49.1 Å². The van der Waals surface area contributed by atoms with E-state index in [1.807, 2.05) is 6.07 Å². The molecule has 0 radical (unpaired) electrons. The Morgan fingerprint density at radius 2 is 2.00 bits per heavy atom. The van der Waals surface area contributed by atoms with E-state index < -0.39 is 15.9 Å². The predicted molar refractivity (Wildman–Crippen MR) is 105 cm³/mol. The molecule has 0 saturated heterocycles.